The molecule has 0 aromatic heterocycles. The van der Waals surface area contributed by atoms with E-state index in [1.165, 1.54) is 25.6 Å². The Morgan fingerprint density at radius 3 is 1.57 bits per heavy atom. The van der Waals surface area contributed by atoms with Gasteiger partial charge in [0.05, 0.1) is 18.2 Å². The zero-order valence-electron chi connectivity index (χ0n) is 14.4. The van der Waals surface area contributed by atoms with Gasteiger partial charge in [-0.1, -0.05) is 0 Å². The number of rotatable bonds is 1. The van der Waals surface area contributed by atoms with Gasteiger partial charge >= 0.3 is 0 Å². The Bertz CT molecular complexity index is 348. The molecule has 1 fully saturated rings. The second-order valence-electron chi connectivity index (χ2n) is 5.49. The van der Waals surface area contributed by atoms with E-state index in [0.29, 0.717) is 11.6 Å². The van der Waals surface area contributed by atoms with Crippen molar-refractivity contribution < 1.29 is 0 Å². The van der Waals surface area contributed by atoms with Gasteiger partial charge in [-0.2, -0.15) is 0 Å². The van der Waals surface area contributed by atoms with E-state index in [9.17, 15) is 0 Å². The van der Waals surface area contributed by atoms with Crippen molar-refractivity contribution in [3.05, 3.63) is 0 Å². The number of nitrogens with two attached hydrogens (primary N) is 1. The molecule has 1 aliphatic heterocycles. The van der Waals surface area contributed by atoms with Gasteiger partial charge in [0.25, 0.3) is 0 Å². The standard InChI is InChI=1S/C5H10N2.C5H9N.C3H7N.C2H6N2/c1-5-6-3-4-7(5)2;1-4(6)5-2-3-5;1-3(2)4;1-2(3)4/h3-4H2,1-2H3;5-6H,2-3H2,1H3;4H,1-2H3;1H3,(H3,3,4). The quantitative estimate of drug-likeness (QED) is 0.440. The molecule has 0 unspecified atom stereocenters. The van der Waals surface area contributed by atoms with Gasteiger partial charge in [-0.25, -0.2) is 0 Å². The number of hydrogen-bond donors (Lipinski definition) is 4. The van der Waals surface area contributed by atoms with E-state index >= 15 is 0 Å². The first-order valence-electron chi connectivity index (χ1n) is 7.17. The van der Waals surface area contributed by atoms with Crippen LogP contribution in [0, 0.1) is 22.1 Å². The van der Waals surface area contributed by atoms with Gasteiger partial charge in [-0.05, 0) is 53.4 Å². The first-order valence-corrected chi connectivity index (χ1v) is 7.17. The van der Waals surface area contributed by atoms with E-state index < -0.39 is 0 Å². The summed E-state index contributed by atoms with van der Waals surface area (Å²) in [5.74, 6) is 2.02. The molecule has 0 amide bonds. The first-order chi connectivity index (χ1) is 9.57. The van der Waals surface area contributed by atoms with Gasteiger partial charge < -0.3 is 21.5 Å². The lowest BCUT2D eigenvalue weighted by molar-refractivity contribution is 0.553. The van der Waals surface area contributed by atoms with Crippen molar-refractivity contribution >= 4 is 23.1 Å². The molecule has 0 spiro atoms. The fourth-order valence-corrected chi connectivity index (χ4v) is 1.16. The Hall–Kier alpha value is -1.72. The minimum Gasteiger partial charge on any atom is -0.388 e. The van der Waals surface area contributed by atoms with Crippen LogP contribution in [-0.4, -0.2) is 48.1 Å². The largest absolute Gasteiger partial charge is 0.388 e. The molecule has 0 bridgehead atoms. The highest BCUT2D eigenvalue weighted by Crippen LogP contribution is 2.29. The minimum atomic E-state index is 0.167. The number of aliphatic imine (C=N–C) groups is 1. The highest BCUT2D eigenvalue weighted by molar-refractivity contribution is 5.83. The number of nitrogens with zero attached hydrogens (tertiary/aromatic N) is 2. The summed E-state index contributed by atoms with van der Waals surface area (Å²) in [6, 6.07) is 0. The summed E-state index contributed by atoms with van der Waals surface area (Å²) in [5, 5.41) is 19.8. The molecule has 0 atom stereocenters. The number of nitrogens with one attached hydrogen (secondary N) is 3. The van der Waals surface area contributed by atoms with Gasteiger partial charge in [0.15, 0.2) is 0 Å². The molecule has 1 heterocycles. The molecular weight excluding hydrogens is 264 g/mol. The van der Waals surface area contributed by atoms with Crippen molar-refractivity contribution in [1.29, 1.82) is 16.2 Å². The van der Waals surface area contributed by atoms with Gasteiger partial charge in [0.2, 0.25) is 0 Å². The Balaban J connectivity index is 0. The van der Waals surface area contributed by atoms with Crippen molar-refractivity contribution in [3.8, 4) is 0 Å². The van der Waals surface area contributed by atoms with Gasteiger partial charge in [0.1, 0.15) is 0 Å². The second kappa shape index (κ2) is 12.1. The Morgan fingerprint density at radius 2 is 1.52 bits per heavy atom. The highest BCUT2D eigenvalue weighted by atomic mass is 15.2. The van der Waals surface area contributed by atoms with Crippen LogP contribution in [0.3, 0.4) is 0 Å². The second-order valence-corrected chi connectivity index (χ2v) is 5.49. The lowest BCUT2D eigenvalue weighted by Gasteiger charge is -2.07. The molecule has 0 aromatic rings. The van der Waals surface area contributed by atoms with E-state index in [-0.39, 0.29) is 5.84 Å². The van der Waals surface area contributed by atoms with E-state index in [0.717, 1.165) is 18.8 Å². The van der Waals surface area contributed by atoms with Crippen LogP contribution in [0.1, 0.15) is 47.5 Å². The molecule has 21 heavy (non-hydrogen) atoms. The molecule has 0 aromatic carbocycles. The Labute approximate surface area is 129 Å². The lowest BCUT2D eigenvalue weighted by Crippen LogP contribution is -2.19. The summed E-state index contributed by atoms with van der Waals surface area (Å²) in [4.78, 5) is 6.31. The molecule has 2 aliphatic rings. The molecule has 1 saturated carbocycles. The number of hydrogen-bond acceptors (Lipinski definition) is 5. The summed E-state index contributed by atoms with van der Waals surface area (Å²) in [6.07, 6.45) is 2.55. The summed E-state index contributed by atoms with van der Waals surface area (Å²) in [5.41, 5.74) is 6.23. The first kappa shape index (κ1) is 21.6. The van der Waals surface area contributed by atoms with E-state index in [2.05, 4.69) is 16.9 Å². The van der Waals surface area contributed by atoms with Crippen LogP contribution in [0.25, 0.3) is 0 Å². The number of amidine groups is 2. The molecular formula is C15H32N6. The van der Waals surface area contributed by atoms with Gasteiger partial charge in [-0.15, -0.1) is 0 Å². The van der Waals surface area contributed by atoms with Gasteiger partial charge in [0, 0.05) is 25.0 Å². The zero-order chi connectivity index (χ0) is 17.0. The highest BCUT2D eigenvalue weighted by Gasteiger charge is 2.22. The molecule has 0 radical (unpaired) electrons. The zero-order valence-corrected chi connectivity index (χ0v) is 14.4. The normalized spacial score (nSPS) is 15.1. The maximum atomic E-state index is 7.01. The molecule has 1 aliphatic carbocycles. The van der Waals surface area contributed by atoms with E-state index in [4.69, 9.17) is 22.0 Å². The third-order valence-electron chi connectivity index (χ3n) is 2.52. The van der Waals surface area contributed by atoms with E-state index in [1.54, 1.807) is 13.8 Å². The predicted molar refractivity (Wildman–Crippen MR) is 93.4 cm³/mol. The van der Waals surface area contributed by atoms with Crippen molar-refractivity contribution in [1.82, 2.24) is 4.90 Å². The van der Waals surface area contributed by atoms with Crippen LogP contribution >= 0.6 is 0 Å². The van der Waals surface area contributed by atoms with Crippen molar-refractivity contribution in [2.24, 2.45) is 16.6 Å². The molecule has 6 heteroatoms. The minimum absolute atomic E-state index is 0.167. The average Bonchev–Trinajstić information content (AvgIpc) is 3.06. The van der Waals surface area contributed by atoms with Gasteiger partial charge in [-0.3, -0.25) is 10.4 Å². The maximum absolute atomic E-state index is 7.01. The Morgan fingerprint density at radius 1 is 1.14 bits per heavy atom. The van der Waals surface area contributed by atoms with Crippen LogP contribution in [0.4, 0.5) is 0 Å². The van der Waals surface area contributed by atoms with Crippen molar-refractivity contribution in [2.75, 3.05) is 20.1 Å². The van der Waals surface area contributed by atoms with Crippen LogP contribution in [0.15, 0.2) is 4.99 Å². The molecule has 0 saturated heterocycles. The van der Waals surface area contributed by atoms with Crippen LogP contribution < -0.4 is 5.73 Å². The predicted octanol–water partition coefficient (Wildman–Crippen LogP) is 2.77. The maximum Gasteiger partial charge on any atom is 0.0956 e. The molecule has 6 nitrogen and oxygen atoms in total. The fraction of sp³-hybridized carbons (Fsp3) is 0.733. The van der Waals surface area contributed by atoms with Crippen LogP contribution in [0.5, 0.6) is 0 Å². The lowest BCUT2D eigenvalue weighted by atomic mass is 10.3. The fourth-order valence-electron chi connectivity index (χ4n) is 1.16. The molecule has 5 N–H and O–H groups in total. The molecule has 2 rings (SSSR count). The van der Waals surface area contributed by atoms with Crippen molar-refractivity contribution in [2.45, 2.75) is 47.5 Å². The summed E-state index contributed by atoms with van der Waals surface area (Å²) in [7, 11) is 2.06. The van der Waals surface area contributed by atoms with Crippen molar-refractivity contribution in [3.63, 3.8) is 0 Å². The third-order valence-corrected chi connectivity index (χ3v) is 2.52. The average molecular weight is 296 g/mol. The SMILES string of the molecule is CC(=N)C1CC1.CC(=N)N.CC(C)=N.CC1=NCCN1C. The monoisotopic (exact) mass is 296 g/mol. The summed E-state index contributed by atoms with van der Waals surface area (Å²) >= 11 is 0. The summed E-state index contributed by atoms with van der Waals surface area (Å²) in [6.45, 7) is 11.0. The number of likely N-dealkylation sites (N-methyl/N-ethyl adjacent to an activating group) is 1. The summed E-state index contributed by atoms with van der Waals surface area (Å²) < 4.78 is 0. The molecule has 122 valence electrons. The van der Waals surface area contributed by atoms with E-state index in [1.807, 2.05) is 13.8 Å². The Kier molecular flexibility index (Phi) is 12.4. The smallest absolute Gasteiger partial charge is 0.0956 e. The van der Waals surface area contributed by atoms with Crippen LogP contribution in [-0.2, 0) is 0 Å². The topological polar surface area (TPSA) is 113 Å². The third kappa shape index (κ3) is 20.8. The van der Waals surface area contributed by atoms with Crippen LogP contribution in [0.2, 0.25) is 0 Å².